The second-order valence-electron chi connectivity index (χ2n) is 2.15. The number of carbonyl (C=O) groups is 1. The topological polar surface area (TPSA) is 26.3 Å². The van der Waals surface area contributed by atoms with Gasteiger partial charge in [-0.15, -0.1) is 0 Å². The van der Waals surface area contributed by atoms with Gasteiger partial charge >= 0.3 is 12.6 Å². The van der Waals surface area contributed by atoms with Crippen molar-refractivity contribution in [1.82, 2.24) is 0 Å². The van der Waals surface area contributed by atoms with Crippen LogP contribution in [0.25, 0.3) is 0 Å². The number of ether oxygens (including phenoxy) is 1. The Labute approximate surface area is 71.9 Å². The fourth-order valence-corrected chi connectivity index (χ4v) is 0.771. The summed E-state index contributed by atoms with van der Waals surface area (Å²) < 4.78 is 39.3. The molecule has 0 bridgehead atoms. The summed E-state index contributed by atoms with van der Waals surface area (Å²) in [5.74, 6) is -2.25. The van der Waals surface area contributed by atoms with E-state index >= 15 is 0 Å². The molecule has 5 heteroatoms. The molecule has 1 aromatic rings. The summed E-state index contributed by atoms with van der Waals surface area (Å²) in [4.78, 5) is 10.7. The number of hydrogen-bond donors (Lipinski definition) is 0. The highest BCUT2D eigenvalue weighted by Gasteiger charge is 2.16. The van der Waals surface area contributed by atoms with Crippen molar-refractivity contribution in [3.63, 3.8) is 0 Å². The maximum atomic E-state index is 12.7. The molecule has 0 saturated heterocycles. The summed E-state index contributed by atoms with van der Waals surface area (Å²) >= 11 is 0. The fourth-order valence-electron chi connectivity index (χ4n) is 0.771. The van der Waals surface area contributed by atoms with Crippen LogP contribution in [-0.4, -0.2) is 12.6 Å². The molecule has 0 heterocycles. The van der Waals surface area contributed by atoms with E-state index in [0.29, 0.717) is 0 Å². The number of alkyl halides is 2. The van der Waals surface area contributed by atoms with Crippen molar-refractivity contribution in [3.8, 4) is 0 Å². The van der Waals surface area contributed by atoms with Gasteiger partial charge in [0.25, 0.3) is 0 Å². The van der Waals surface area contributed by atoms with E-state index in [1.54, 1.807) is 0 Å². The lowest BCUT2D eigenvalue weighted by molar-refractivity contribution is -0.0908. The molecule has 13 heavy (non-hydrogen) atoms. The SMILES string of the molecule is O=C(OC(F)F)c1ccccc1F. The highest BCUT2D eigenvalue weighted by Crippen LogP contribution is 2.09. The summed E-state index contributed by atoms with van der Waals surface area (Å²) in [6, 6.07) is 4.75. The number of halogens is 3. The van der Waals surface area contributed by atoms with E-state index in [9.17, 15) is 18.0 Å². The van der Waals surface area contributed by atoms with Gasteiger partial charge in [-0.25, -0.2) is 9.18 Å². The smallest absolute Gasteiger partial charge is 0.389 e. The van der Waals surface area contributed by atoms with Gasteiger partial charge in [-0.1, -0.05) is 12.1 Å². The van der Waals surface area contributed by atoms with E-state index < -0.39 is 24.0 Å². The zero-order chi connectivity index (χ0) is 9.84. The highest BCUT2D eigenvalue weighted by molar-refractivity contribution is 5.89. The molecule has 0 spiro atoms. The normalized spacial score (nSPS) is 10.2. The Hall–Kier alpha value is -1.52. The van der Waals surface area contributed by atoms with Crippen LogP contribution in [0, 0.1) is 5.82 Å². The van der Waals surface area contributed by atoms with E-state index in [2.05, 4.69) is 4.74 Å². The Bertz CT molecular complexity index is 312. The Morgan fingerprint density at radius 2 is 1.92 bits per heavy atom. The summed E-state index contributed by atoms with van der Waals surface area (Å²) in [5.41, 5.74) is -0.497. The zero-order valence-corrected chi connectivity index (χ0v) is 6.34. The van der Waals surface area contributed by atoms with Crippen LogP contribution < -0.4 is 0 Å². The van der Waals surface area contributed by atoms with Gasteiger partial charge in [-0.2, -0.15) is 8.78 Å². The molecule has 0 radical (unpaired) electrons. The van der Waals surface area contributed by atoms with Gasteiger partial charge in [0.15, 0.2) is 0 Å². The first-order valence-corrected chi connectivity index (χ1v) is 3.35. The van der Waals surface area contributed by atoms with Gasteiger partial charge in [0.2, 0.25) is 0 Å². The molecule has 1 rings (SSSR count). The lowest BCUT2D eigenvalue weighted by Crippen LogP contribution is -2.11. The lowest BCUT2D eigenvalue weighted by atomic mass is 10.2. The minimum absolute atomic E-state index is 0.497. The molecule has 0 aliphatic carbocycles. The van der Waals surface area contributed by atoms with Crippen LogP contribution in [-0.2, 0) is 4.74 Å². The van der Waals surface area contributed by atoms with Crippen molar-refractivity contribution in [2.45, 2.75) is 6.61 Å². The molecule has 0 unspecified atom stereocenters. The summed E-state index contributed by atoms with van der Waals surface area (Å²) in [6.07, 6.45) is 0. The average Bonchev–Trinajstić information content (AvgIpc) is 2.03. The van der Waals surface area contributed by atoms with Crippen LogP contribution in [0.15, 0.2) is 24.3 Å². The van der Waals surface area contributed by atoms with Crippen LogP contribution in [0.4, 0.5) is 13.2 Å². The maximum Gasteiger partial charge on any atom is 0.389 e. The molecule has 0 amide bonds. The van der Waals surface area contributed by atoms with Crippen LogP contribution >= 0.6 is 0 Å². The molecule has 1 aromatic carbocycles. The van der Waals surface area contributed by atoms with Crippen LogP contribution in [0.3, 0.4) is 0 Å². The third-order valence-corrected chi connectivity index (χ3v) is 1.29. The van der Waals surface area contributed by atoms with Crippen molar-refractivity contribution in [3.05, 3.63) is 35.6 Å². The summed E-state index contributed by atoms with van der Waals surface area (Å²) in [5, 5.41) is 0. The van der Waals surface area contributed by atoms with Crippen molar-refractivity contribution in [2.75, 3.05) is 0 Å². The van der Waals surface area contributed by atoms with E-state index in [4.69, 9.17) is 0 Å². The predicted molar refractivity (Wildman–Crippen MR) is 37.8 cm³/mol. The Balaban J connectivity index is 2.83. The molecule has 0 aliphatic rings. The number of rotatable bonds is 2. The third-order valence-electron chi connectivity index (χ3n) is 1.29. The van der Waals surface area contributed by atoms with Gasteiger partial charge in [0.1, 0.15) is 5.82 Å². The quantitative estimate of drug-likeness (QED) is 0.668. The Kier molecular flexibility index (Phi) is 2.89. The van der Waals surface area contributed by atoms with E-state index in [0.717, 1.165) is 12.1 Å². The lowest BCUT2D eigenvalue weighted by Gasteiger charge is -2.02. The monoisotopic (exact) mass is 190 g/mol. The van der Waals surface area contributed by atoms with Gasteiger partial charge in [0.05, 0.1) is 5.56 Å². The molecule has 0 aromatic heterocycles. The highest BCUT2D eigenvalue weighted by atomic mass is 19.3. The first-order valence-electron chi connectivity index (χ1n) is 3.35. The number of hydrogen-bond acceptors (Lipinski definition) is 2. The molecular weight excluding hydrogens is 185 g/mol. The zero-order valence-electron chi connectivity index (χ0n) is 6.34. The van der Waals surface area contributed by atoms with Crippen LogP contribution in [0.2, 0.25) is 0 Å². The first-order chi connectivity index (χ1) is 6.11. The second-order valence-corrected chi connectivity index (χ2v) is 2.15. The first kappa shape index (κ1) is 9.57. The standard InChI is InChI=1S/C8H5F3O2/c9-6-4-2-1-3-5(6)7(12)13-8(10)11/h1-4,8H. The van der Waals surface area contributed by atoms with E-state index in [-0.39, 0.29) is 0 Å². The Morgan fingerprint density at radius 1 is 1.31 bits per heavy atom. The van der Waals surface area contributed by atoms with Gasteiger partial charge in [0, 0.05) is 0 Å². The molecule has 0 aliphatic heterocycles. The Morgan fingerprint density at radius 3 is 2.46 bits per heavy atom. The van der Waals surface area contributed by atoms with Crippen molar-refractivity contribution in [2.24, 2.45) is 0 Å². The van der Waals surface area contributed by atoms with E-state index in [1.807, 2.05) is 0 Å². The van der Waals surface area contributed by atoms with Crippen molar-refractivity contribution < 1.29 is 22.7 Å². The second kappa shape index (κ2) is 3.93. The molecule has 0 fully saturated rings. The molecule has 0 saturated carbocycles. The number of esters is 1. The molecule has 0 atom stereocenters. The summed E-state index contributed by atoms with van der Waals surface area (Å²) in [6.45, 7) is -3.23. The molecule has 70 valence electrons. The molecule has 2 nitrogen and oxygen atoms in total. The maximum absolute atomic E-state index is 12.7. The number of carbonyl (C=O) groups excluding carboxylic acids is 1. The fraction of sp³-hybridized carbons (Fsp3) is 0.125. The average molecular weight is 190 g/mol. The minimum Gasteiger partial charge on any atom is -0.399 e. The predicted octanol–water partition coefficient (Wildman–Crippen LogP) is 2.21. The van der Waals surface area contributed by atoms with Crippen LogP contribution in [0.5, 0.6) is 0 Å². The van der Waals surface area contributed by atoms with Gasteiger partial charge in [-0.3, -0.25) is 0 Å². The third kappa shape index (κ3) is 2.47. The summed E-state index contributed by atoms with van der Waals surface area (Å²) in [7, 11) is 0. The number of benzene rings is 1. The van der Waals surface area contributed by atoms with E-state index in [1.165, 1.54) is 12.1 Å². The molecular formula is C8H5F3O2. The minimum atomic E-state index is -3.23. The van der Waals surface area contributed by atoms with Gasteiger partial charge < -0.3 is 4.74 Å². The van der Waals surface area contributed by atoms with Crippen molar-refractivity contribution >= 4 is 5.97 Å². The van der Waals surface area contributed by atoms with Gasteiger partial charge in [-0.05, 0) is 12.1 Å². The van der Waals surface area contributed by atoms with Crippen molar-refractivity contribution in [1.29, 1.82) is 0 Å². The van der Waals surface area contributed by atoms with Crippen LogP contribution in [0.1, 0.15) is 10.4 Å². The largest absolute Gasteiger partial charge is 0.399 e. The molecule has 0 N–H and O–H groups in total.